The van der Waals surface area contributed by atoms with Gasteiger partial charge in [-0.05, 0) is 19.3 Å². The summed E-state index contributed by atoms with van der Waals surface area (Å²) in [6.45, 7) is 2.98. The molecule has 0 heterocycles. The quantitative estimate of drug-likeness (QED) is 0.540. The molecule has 0 radical (unpaired) electrons. The summed E-state index contributed by atoms with van der Waals surface area (Å²) in [5, 5.41) is 9.72. The fraction of sp³-hybridized carbons (Fsp3) is 1.00. The lowest BCUT2D eigenvalue weighted by molar-refractivity contribution is -0.0408. The minimum atomic E-state index is -0.209. The van der Waals surface area contributed by atoms with Crippen LogP contribution in [-0.2, 0) is 4.74 Å². The van der Waals surface area contributed by atoms with Crippen LogP contribution in [0.4, 0.5) is 0 Å². The molecule has 1 aliphatic rings. The van der Waals surface area contributed by atoms with Crippen LogP contribution in [-0.4, -0.2) is 23.9 Å². The number of hydrogen-bond donors (Lipinski definition) is 1. The van der Waals surface area contributed by atoms with Crippen LogP contribution in [0.3, 0.4) is 0 Å². The molecular formula is C11H22O2. The molecule has 0 bridgehead atoms. The molecule has 2 nitrogen and oxygen atoms in total. The number of ether oxygens (including phenoxy) is 1. The van der Waals surface area contributed by atoms with Gasteiger partial charge in [-0.15, -0.1) is 0 Å². The summed E-state index contributed by atoms with van der Waals surface area (Å²) in [7, 11) is 0. The summed E-state index contributed by atoms with van der Waals surface area (Å²) in [4.78, 5) is 0. The molecule has 13 heavy (non-hydrogen) atoms. The Morgan fingerprint density at radius 1 is 1.23 bits per heavy atom. The molecule has 0 aromatic heterocycles. The Kier molecular flexibility index (Phi) is 5.40. The fourth-order valence-corrected chi connectivity index (χ4v) is 1.83. The molecule has 1 saturated carbocycles. The summed E-state index contributed by atoms with van der Waals surface area (Å²) in [5.74, 6) is 0. The van der Waals surface area contributed by atoms with Gasteiger partial charge in [-0.1, -0.05) is 32.6 Å². The lowest BCUT2D eigenvalue weighted by Gasteiger charge is -2.20. The van der Waals surface area contributed by atoms with Gasteiger partial charge in [0.25, 0.3) is 0 Å². The fourth-order valence-electron chi connectivity index (χ4n) is 1.83. The van der Waals surface area contributed by atoms with E-state index in [2.05, 4.69) is 6.92 Å². The first-order valence-corrected chi connectivity index (χ1v) is 5.64. The molecule has 1 fully saturated rings. The van der Waals surface area contributed by atoms with Crippen molar-refractivity contribution >= 4 is 0 Å². The highest BCUT2D eigenvalue weighted by Gasteiger charge is 2.21. The van der Waals surface area contributed by atoms with Crippen LogP contribution in [0.5, 0.6) is 0 Å². The number of aliphatic hydroxyl groups is 1. The predicted molar refractivity (Wildman–Crippen MR) is 53.7 cm³/mol. The van der Waals surface area contributed by atoms with E-state index in [1.165, 1.54) is 19.3 Å². The summed E-state index contributed by atoms with van der Waals surface area (Å²) in [5.41, 5.74) is 0. The van der Waals surface area contributed by atoms with Crippen LogP contribution in [0, 0.1) is 0 Å². The van der Waals surface area contributed by atoms with Gasteiger partial charge in [-0.2, -0.15) is 0 Å². The molecule has 0 aromatic carbocycles. The van der Waals surface area contributed by atoms with Crippen molar-refractivity contribution in [3.63, 3.8) is 0 Å². The molecular weight excluding hydrogens is 164 g/mol. The third-order valence-corrected chi connectivity index (χ3v) is 2.75. The summed E-state index contributed by atoms with van der Waals surface area (Å²) in [6, 6.07) is 0. The molecule has 0 aromatic rings. The normalized spacial score (nSPS) is 30.0. The first-order valence-electron chi connectivity index (χ1n) is 5.64. The molecule has 78 valence electrons. The van der Waals surface area contributed by atoms with Gasteiger partial charge in [0, 0.05) is 6.61 Å². The van der Waals surface area contributed by atoms with Crippen LogP contribution in [0.1, 0.15) is 51.9 Å². The predicted octanol–water partition coefficient (Wildman–Crippen LogP) is 2.50. The van der Waals surface area contributed by atoms with Gasteiger partial charge in [-0.25, -0.2) is 0 Å². The maximum atomic E-state index is 9.72. The molecule has 0 spiro atoms. The average Bonchev–Trinajstić information content (AvgIpc) is 2.32. The number of hydrogen-bond acceptors (Lipinski definition) is 2. The van der Waals surface area contributed by atoms with E-state index in [0.717, 1.165) is 32.3 Å². The third-order valence-electron chi connectivity index (χ3n) is 2.75. The van der Waals surface area contributed by atoms with E-state index in [1.807, 2.05) is 0 Å². The zero-order valence-corrected chi connectivity index (χ0v) is 8.67. The molecule has 2 heteroatoms. The maximum absolute atomic E-state index is 9.72. The largest absolute Gasteiger partial charge is 0.390 e. The lowest BCUT2D eigenvalue weighted by Crippen LogP contribution is -2.28. The third kappa shape index (κ3) is 4.10. The van der Waals surface area contributed by atoms with Crippen molar-refractivity contribution < 1.29 is 9.84 Å². The summed E-state index contributed by atoms with van der Waals surface area (Å²) in [6.07, 6.45) is 7.80. The highest BCUT2D eigenvalue weighted by Crippen LogP contribution is 2.20. The van der Waals surface area contributed by atoms with Crippen LogP contribution < -0.4 is 0 Å². The van der Waals surface area contributed by atoms with Crippen molar-refractivity contribution in [3.05, 3.63) is 0 Å². The summed E-state index contributed by atoms with van der Waals surface area (Å²) >= 11 is 0. The van der Waals surface area contributed by atoms with Crippen molar-refractivity contribution in [2.24, 2.45) is 0 Å². The molecule has 2 atom stereocenters. The highest BCUT2D eigenvalue weighted by molar-refractivity contribution is 4.73. The van der Waals surface area contributed by atoms with Crippen LogP contribution in [0.15, 0.2) is 0 Å². The lowest BCUT2D eigenvalue weighted by atomic mass is 10.1. The minimum absolute atomic E-state index is 0.119. The van der Waals surface area contributed by atoms with E-state index in [9.17, 15) is 5.11 Å². The Morgan fingerprint density at radius 2 is 2.00 bits per heavy atom. The molecule has 2 unspecified atom stereocenters. The Labute approximate surface area is 81.3 Å². The molecule has 1 aliphatic carbocycles. The zero-order chi connectivity index (χ0) is 9.52. The van der Waals surface area contributed by atoms with Gasteiger partial charge in [0.15, 0.2) is 0 Å². The Bertz CT molecular complexity index is 125. The molecule has 0 saturated heterocycles. The smallest absolute Gasteiger partial charge is 0.0833 e. The molecule has 0 amide bonds. The van der Waals surface area contributed by atoms with Crippen LogP contribution >= 0.6 is 0 Å². The number of aliphatic hydroxyl groups excluding tert-OH is 1. The minimum Gasteiger partial charge on any atom is -0.390 e. The second-order valence-corrected chi connectivity index (χ2v) is 3.97. The average molecular weight is 186 g/mol. The van der Waals surface area contributed by atoms with Crippen LogP contribution in [0.2, 0.25) is 0 Å². The van der Waals surface area contributed by atoms with Crippen LogP contribution in [0.25, 0.3) is 0 Å². The van der Waals surface area contributed by atoms with E-state index in [4.69, 9.17) is 4.74 Å². The Balaban J connectivity index is 2.19. The van der Waals surface area contributed by atoms with Gasteiger partial charge in [0.1, 0.15) is 0 Å². The first-order chi connectivity index (χ1) is 6.34. The van der Waals surface area contributed by atoms with Crippen molar-refractivity contribution in [3.8, 4) is 0 Å². The second kappa shape index (κ2) is 6.39. The van der Waals surface area contributed by atoms with E-state index in [-0.39, 0.29) is 12.2 Å². The first kappa shape index (κ1) is 11.0. The monoisotopic (exact) mass is 186 g/mol. The van der Waals surface area contributed by atoms with Crippen molar-refractivity contribution in [2.75, 3.05) is 6.61 Å². The second-order valence-electron chi connectivity index (χ2n) is 3.97. The van der Waals surface area contributed by atoms with Gasteiger partial charge in [-0.3, -0.25) is 0 Å². The Morgan fingerprint density at radius 3 is 2.77 bits per heavy atom. The van der Waals surface area contributed by atoms with Gasteiger partial charge < -0.3 is 9.84 Å². The van der Waals surface area contributed by atoms with Gasteiger partial charge in [0.05, 0.1) is 12.2 Å². The van der Waals surface area contributed by atoms with Crippen molar-refractivity contribution in [1.82, 2.24) is 0 Å². The topological polar surface area (TPSA) is 29.5 Å². The zero-order valence-electron chi connectivity index (χ0n) is 8.67. The van der Waals surface area contributed by atoms with Gasteiger partial charge >= 0.3 is 0 Å². The number of unbranched alkanes of at least 4 members (excludes halogenated alkanes) is 1. The number of rotatable bonds is 4. The Hall–Kier alpha value is -0.0800. The van der Waals surface area contributed by atoms with E-state index in [0.29, 0.717) is 0 Å². The molecule has 1 rings (SSSR count). The standard InChI is InChI=1S/C11H22O2/c1-2-3-9-13-11-8-6-4-5-7-10(11)12/h10-12H,2-9H2,1H3. The van der Waals surface area contributed by atoms with Gasteiger partial charge in [0.2, 0.25) is 0 Å². The molecule has 0 aliphatic heterocycles. The SMILES string of the molecule is CCCCOC1CCCCCC1O. The highest BCUT2D eigenvalue weighted by atomic mass is 16.5. The van der Waals surface area contributed by atoms with Crippen molar-refractivity contribution in [2.45, 2.75) is 64.1 Å². The van der Waals surface area contributed by atoms with E-state index < -0.39 is 0 Å². The van der Waals surface area contributed by atoms with Crippen molar-refractivity contribution in [1.29, 1.82) is 0 Å². The molecule has 1 N–H and O–H groups in total. The summed E-state index contributed by atoms with van der Waals surface area (Å²) < 4.78 is 5.67. The maximum Gasteiger partial charge on any atom is 0.0833 e. The van der Waals surface area contributed by atoms with E-state index >= 15 is 0 Å². The van der Waals surface area contributed by atoms with E-state index in [1.54, 1.807) is 0 Å².